The summed E-state index contributed by atoms with van der Waals surface area (Å²) < 4.78 is 25.1. The summed E-state index contributed by atoms with van der Waals surface area (Å²) >= 11 is 0. The van der Waals surface area contributed by atoms with Crippen LogP contribution in [0.5, 0.6) is 0 Å². The number of nitrogens with one attached hydrogen (secondary N) is 1. The van der Waals surface area contributed by atoms with Crippen molar-refractivity contribution in [2.75, 3.05) is 11.0 Å². The molecule has 0 radical (unpaired) electrons. The van der Waals surface area contributed by atoms with Crippen LogP contribution in [0.4, 0.5) is 5.69 Å². The molecule has 2 aromatic heterocycles. The first kappa shape index (κ1) is 18.8. The topological polar surface area (TPSA) is 89.0 Å². The monoisotopic (exact) mass is 403 g/mol. The molecule has 4 rings (SSSR count). The SMILES string of the molecule is CS(=O)(=O)Nc1ccc(-c2ccc(-c3cc(C=O)c4cnccc4n3)cc2)cc1. The van der Waals surface area contributed by atoms with Crippen molar-refractivity contribution in [1.29, 1.82) is 0 Å². The lowest BCUT2D eigenvalue weighted by Gasteiger charge is -2.08. The second-order valence-electron chi connectivity index (χ2n) is 6.64. The van der Waals surface area contributed by atoms with Gasteiger partial charge in [0.05, 0.1) is 17.5 Å². The molecule has 0 saturated carbocycles. The minimum Gasteiger partial charge on any atom is -0.298 e. The molecule has 4 aromatic rings. The highest BCUT2D eigenvalue weighted by molar-refractivity contribution is 7.92. The molecule has 29 heavy (non-hydrogen) atoms. The lowest BCUT2D eigenvalue weighted by Crippen LogP contribution is -2.09. The number of hydrogen-bond acceptors (Lipinski definition) is 5. The van der Waals surface area contributed by atoms with Crippen molar-refractivity contribution in [3.63, 3.8) is 0 Å². The third-order valence-electron chi connectivity index (χ3n) is 4.47. The van der Waals surface area contributed by atoms with E-state index in [1.54, 1.807) is 36.7 Å². The van der Waals surface area contributed by atoms with Crippen molar-refractivity contribution >= 4 is 32.9 Å². The van der Waals surface area contributed by atoms with E-state index >= 15 is 0 Å². The summed E-state index contributed by atoms with van der Waals surface area (Å²) in [4.78, 5) is 20.2. The molecule has 0 saturated heterocycles. The first-order valence-electron chi connectivity index (χ1n) is 8.81. The maximum absolute atomic E-state index is 11.5. The van der Waals surface area contributed by atoms with Gasteiger partial charge in [0, 0.05) is 34.6 Å². The number of pyridine rings is 2. The summed E-state index contributed by atoms with van der Waals surface area (Å²) in [5.41, 5.74) is 5.34. The molecule has 1 N–H and O–H groups in total. The number of fused-ring (bicyclic) bond motifs is 1. The molecule has 2 heterocycles. The van der Waals surface area contributed by atoms with Gasteiger partial charge in [-0.25, -0.2) is 13.4 Å². The van der Waals surface area contributed by atoms with E-state index in [1.165, 1.54) is 0 Å². The van der Waals surface area contributed by atoms with E-state index in [-0.39, 0.29) is 0 Å². The Morgan fingerprint density at radius 3 is 2.14 bits per heavy atom. The Labute approximate surface area is 168 Å². The molecule has 0 unspecified atom stereocenters. The zero-order valence-electron chi connectivity index (χ0n) is 15.5. The van der Waals surface area contributed by atoms with Gasteiger partial charge in [-0.15, -0.1) is 0 Å². The summed E-state index contributed by atoms with van der Waals surface area (Å²) in [5, 5.41) is 0.727. The largest absolute Gasteiger partial charge is 0.298 e. The highest BCUT2D eigenvalue weighted by Crippen LogP contribution is 2.27. The van der Waals surface area contributed by atoms with E-state index < -0.39 is 10.0 Å². The number of anilines is 1. The normalized spacial score (nSPS) is 11.3. The van der Waals surface area contributed by atoms with Crippen LogP contribution in [0.2, 0.25) is 0 Å². The Morgan fingerprint density at radius 1 is 0.897 bits per heavy atom. The van der Waals surface area contributed by atoms with Crippen molar-refractivity contribution in [1.82, 2.24) is 9.97 Å². The average Bonchev–Trinajstić information content (AvgIpc) is 2.72. The van der Waals surface area contributed by atoms with Gasteiger partial charge in [0.2, 0.25) is 10.0 Å². The van der Waals surface area contributed by atoms with Gasteiger partial charge in [-0.05, 0) is 35.4 Å². The van der Waals surface area contributed by atoms with E-state index in [1.807, 2.05) is 36.4 Å². The Bertz CT molecular complexity index is 1300. The summed E-state index contributed by atoms with van der Waals surface area (Å²) in [5.74, 6) is 0. The van der Waals surface area contributed by atoms with Gasteiger partial charge in [0.25, 0.3) is 0 Å². The number of aldehydes is 1. The van der Waals surface area contributed by atoms with Crippen LogP contribution >= 0.6 is 0 Å². The molecule has 0 atom stereocenters. The van der Waals surface area contributed by atoms with Crippen molar-refractivity contribution in [2.24, 2.45) is 0 Å². The second-order valence-corrected chi connectivity index (χ2v) is 8.38. The highest BCUT2D eigenvalue weighted by Gasteiger charge is 2.08. The Morgan fingerprint density at radius 2 is 1.52 bits per heavy atom. The van der Waals surface area contributed by atoms with E-state index in [0.29, 0.717) is 16.9 Å². The number of carbonyl (C=O) groups is 1. The van der Waals surface area contributed by atoms with E-state index in [4.69, 9.17) is 0 Å². The van der Waals surface area contributed by atoms with Crippen LogP contribution in [-0.2, 0) is 10.0 Å². The van der Waals surface area contributed by atoms with Gasteiger partial charge >= 0.3 is 0 Å². The number of benzene rings is 2. The summed E-state index contributed by atoms with van der Waals surface area (Å²) in [7, 11) is -3.30. The zero-order chi connectivity index (χ0) is 20.4. The number of sulfonamides is 1. The molecule has 6 nitrogen and oxygen atoms in total. The zero-order valence-corrected chi connectivity index (χ0v) is 16.3. The molecule has 0 fully saturated rings. The molecule has 0 aliphatic rings. The fourth-order valence-electron chi connectivity index (χ4n) is 3.12. The van der Waals surface area contributed by atoms with Crippen molar-refractivity contribution in [3.05, 3.63) is 78.6 Å². The molecule has 0 spiro atoms. The number of hydrogen-bond donors (Lipinski definition) is 1. The van der Waals surface area contributed by atoms with Gasteiger partial charge in [-0.1, -0.05) is 36.4 Å². The Balaban J connectivity index is 1.64. The summed E-state index contributed by atoms with van der Waals surface area (Å²) in [6, 6.07) is 18.5. The van der Waals surface area contributed by atoms with Crippen LogP contribution < -0.4 is 4.72 Å². The molecule has 144 valence electrons. The number of rotatable bonds is 5. The average molecular weight is 403 g/mol. The second kappa shape index (κ2) is 7.44. The Kier molecular flexibility index (Phi) is 4.82. The molecule has 0 aliphatic carbocycles. The summed E-state index contributed by atoms with van der Waals surface area (Å²) in [6.07, 6.45) is 5.23. The smallest absolute Gasteiger partial charge is 0.229 e. The van der Waals surface area contributed by atoms with Gasteiger partial charge in [-0.3, -0.25) is 14.5 Å². The first-order valence-corrected chi connectivity index (χ1v) is 10.7. The van der Waals surface area contributed by atoms with Crippen LogP contribution in [0.15, 0.2) is 73.1 Å². The lowest BCUT2D eigenvalue weighted by molar-refractivity contribution is 0.112. The molecule has 0 amide bonds. The maximum atomic E-state index is 11.5. The minimum atomic E-state index is -3.30. The Hall–Kier alpha value is -3.58. The summed E-state index contributed by atoms with van der Waals surface area (Å²) in [6.45, 7) is 0. The molecule has 0 bridgehead atoms. The highest BCUT2D eigenvalue weighted by atomic mass is 32.2. The molecular weight excluding hydrogens is 386 g/mol. The third kappa shape index (κ3) is 4.14. The van der Waals surface area contributed by atoms with Gasteiger partial charge < -0.3 is 0 Å². The predicted octanol–water partition coefficient (Wildman–Crippen LogP) is 4.15. The third-order valence-corrected chi connectivity index (χ3v) is 5.08. The van der Waals surface area contributed by atoms with E-state index in [9.17, 15) is 13.2 Å². The van der Waals surface area contributed by atoms with Gasteiger partial charge in [0.15, 0.2) is 6.29 Å². The molecular formula is C22H17N3O3S. The standard InChI is InChI=1S/C22H17N3O3S/c1-29(27,28)25-19-8-6-16(7-9-19)15-2-4-17(5-3-15)22-12-18(14-26)20-13-23-11-10-21(20)24-22/h2-14,25H,1H3. The quantitative estimate of drug-likeness (QED) is 0.506. The van der Waals surface area contributed by atoms with Crippen LogP contribution in [0.25, 0.3) is 33.3 Å². The fraction of sp³-hybridized carbons (Fsp3) is 0.0455. The lowest BCUT2D eigenvalue weighted by atomic mass is 10.0. The number of aromatic nitrogens is 2. The molecule has 2 aromatic carbocycles. The van der Waals surface area contributed by atoms with Gasteiger partial charge in [-0.2, -0.15) is 0 Å². The van der Waals surface area contributed by atoms with Crippen molar-refractivity contribution in [3.8, 4) is 22.4 Å². The molecule has 7 heteroatoms. The van der Waals surface area contributed by atoms with Crippen molar-refractivity contribution in [2.45, 2.75) is 0 Å². The van der Waals surface area contributed by atoms with Crippen LogP contribution in [0.1, 0.15) is 10.4 Å². The fourth-order valence-corrected chi connectivity index (χ4v) is 3.68. The predicted molar refractivity (Wildman–Crippen MR) is 114 cm³/mol. The van der Waals surface area contributed by atoms with E-state index in [2.05, 4.69) is 14.7 Å². The maximum Gasteiger partial charge on any atom is 0.229 e. The first-order chi connectivity index (χ1) is 13.9. The minimum absolute atomic E-state index is 0.518. The van der Waals surface area contributed by atoms with Crippen LogP contribution in [0, 0.1) is 0 Å². The van der Waals surface area contributed by atoms with E-state index in [0.717, 1.165) is 40.1 Å². The van der Waals surface area contributed by atoms with Crippen LogP contribution in [0.3, 0.4) is 0 Å². The van der Waals surface area contributed by atoms with Crippen LogP contribution in [-0.4, -0.2) is 30.9 Å². The number of carbonyl (C=O) groups excluding carboxylic acids is 1. The van der Waals surface area contributed by atoms with Gasteiger partial charge in [0.1, 0.15) is 0 Å². The molecule has 0 aliphatic heterocycles. The van der Waals surface area contributed by atoms with Crippen molar-refractivity contribution < 1.29 is 13.2 Å². The number of nitrogens with zero attached hydrogens (tertiary/aromatic N) is 2.